The second-order valence-corrected chi connectivity index (χ2v) is 7.80. The van der Waals surface area contributed by atoms with Crippen molar-refractivity contribution in [2.75, 3.05) is 0 Å². The van der Waals surface area contributed by atoms with Gasteiger partial charge in [-0.25, -0.2) is 0 Å². The molecule has 2 N–H and O–H groups in total. The Labute approximate surface area is 129 Å². The molecule has 0 fully saturated rings. The van der Waals surface area contributed by atoms with Gasteiger partial charge in [-0.1, -0.05) is 41.5 Å². The third-order valence-corrected chi connectivity index (χ3v) is 3.90. The van der Waals surface area contributed by atoms with Crippen LogP contribution in [0.5, 0.6) is 11.5 Å². The first kappa shape index (κ1) is 16.3. The highest BCUT2D eigenvalue weighted by molar-refractivity contribution is 5.76. The quantitative estimate of drug-likeness (QED) is 0.794. The first-order valence-electron chi connectivity index (χ1n) is 7.26. The number of aromatic hydroxyl groups is 2. The van der Waals surface area contributed by atoms with Gasteiger partial charge in [0.25, 0.3) is 5.43 Å². The summed E-state index contributed by atoms with van der Waals surface area (Å²) in [5.41, 5.74) is -0.318. The summed E-state index contributed by atoms with van der Waals surface area (Å²) in [7, 11) is 0. The van der Waals surface area contributed by atoms with E-state index in [9.17, 15) is 19.8 Å². The molecule has 0 saturated carbocycles. The third-order valence-electron chi connectivity index (χ3n) is 3.90. The lowest BCUT2D eigenvalue weighted by Gasteiger charge is -2.28. The van der Waals surface area contributed by atoms with E-state index in [1.165, 1.54) is 0 Å². The van der Waals surface area contributed by atoms with Gasteiger partial charge in [-0.3, -0.25) is 9.59 Å². The summed E-state index contributed by atoms with van der Waals surface area (Å²) in [5, 5.41) is 20.3. The fraction of sp³-hybridized carbons (Fsp3) is 0.444. The van der Waals surface area contributed by atoms with E-state index in [-0.39, 0.29) is 22.1 Å². The van der Waals surface area contributed by atoms with Gasteiger partial charge >= 0.3 is 0 Å². The lowest BCUT2D eigenvalue weighted by Crippen LogP contribution is -2.32. The van der Waals surface area contributed by atoms with Crippen LogP contribution in [0.15, 0.2) is 21.7 Å². The average molecular weight is 302 g/mol. The molecule has 4 nitrogen and oxygen atoms in total. The highest BCUT2D eigenvalue weighted by atomic mass is 16.3. The largest absolute Gasteiger partial charge is 0.507 e. The Balaban J connectivity index is 2.84. The number of rotatable bonds is 1. The second-order valence-electron chi connectivity index (χ2n) is 7.80. The Morgan fingerprint density at radius 1 is 0.727 bits per heavy atom. The molecule has 0 unspecified atom stereocenters. The van der Waals surface area contributed by atoms with Gasteiger partial charge in [0.2, 0.25) is 5.43 Å². The fourth-order valence-corrected chi connectivity index (χ4v) is 2.57. The second kappa shape index (κ2) is 4.70. The van der Waals surface area contributed by atoms with Crippen LogP contribution in [0.1, 0.15) is 52.7 Å². The van der Waals surface area contributed by atoms with Gasteiger partial charge in [0.1, 0.15) is 5.75 Å². The number of benzene rings is 1. The van der Waals surface area contributed by atoms with E-state index in [0.29, 0.717) is 16.7 Å². The molecule has 0 bridgehead atoms. The summed E-state index contributed by atoms with van der Waals surface area (Å²) >= 11 is 0. The monoisotopic (exact) mass is 302 g/mol. The van der Waals surface area contributed by atoms with Crippen molar-refractivity contribution < 1.29 is 10.2 Å². The molecule has 0 spiro atoms. The van der Waals surface area contributed by atoms with Gasteiger partial charge in [0.15, 0.2) is 5.75 Å². The zero-order chi connectivity index (χ0) is 17.0. The first-order valence-corrected chi connectivity index (χ1v) is 7.26. The van der Waals surface area contributed by atoms with E-state index >= 15 is 0 Å². The van der Waals surface area contributed by atoms with Gasteiger partial charge < -0.3 is 10.2 Å². The van der Waals surface area contributed by atoms with E-state index in [2.05, 4.69) is 0 Å². The lowest BCUT2D eigenvalue weighted by atomic mass is 9.77. The molecule has 2 aromatic carbocycles. The van der Waals surface area contributed by atoms with Crippen molar-refractivity contribution in [2.45, 2.75) is 52.4 Å². The highest BCUT2D eigenvalue weighted by Crippen LogP contribution is 2.42. The topological polar surface area (TPSA) is 74.6 Å². The van der Waals surface area contributed by atoms with Gasteiger partial charge in [0, 0.05) is 11.1 Å². The van der Waals surface area contributed by atoms with Crippen LogP contribution < -0.4 is 10.9 Å². The molecule has 0 amide bonds. The van der Waals surface area contributed by atoms with Crippen molar-refractivity contribution in [1.29, 1.82) is 0 Å². The van der Waals surface area contributed by atoms with Gasteiger partial charge in [-0.15, -0.1) is 0 Å². The van der Waals surface area contributed by atoms with E-state index < -0.39 is 16.6 Å². The van der Waals surface area contributed by atoms with Gasteiger partial charge in [-0.05, 0) is 28.5 Å². The zero-order valence-electron chi connectivity index (χ0n) is 13.9. The molecule has 0 radical (unpaired) electrons. The lowest BCUT2D eigenvalue weighted by molar-refractivity contribution is 0.423. The standard InChI is InChI=1S/C18H22O4/c1-17(2,3)10-7-9(12-14(20)16(22)15(12)21)8-11(13(10)19)18(4,5)6/h7-8,19-20H,1-6H3. The predicted octanol–water partition coefficient (Wildman–Crippen LogP) is 2.96. The molecule has 0 aliphatic heterocycles. The van der Waals surface area contributed by atoms with Crippen molar-refractivity contribution in [2.24, 2.45) is 0 Å². The van der Waals surface area contributed by atoms with Gasteiger partial charge in [-0.2, -0.15) is 0 Å². The van der Waals surface area contributed by atoms with Crippen LogP contribution >= 0.6 is 0 Å². The van der Waals surface area contributed by atoms with E-state index in [4.69, 9.17) is 0 Å². The number of hydrogen-bond donors (Lipinski definition) is 2. The van der Waals surface area contributed by atoms with Crippen LogP contribution in [-0.4, -0.2) is 10.2 Å². The SMILES string of the molecule is CC(C)(C)c1cc(-c2c(O)c(=O)c2=O)cc(C(C)(C)C)c1O. The van der Waals surface area contributed by atoms with E-state index in [0.717, 1.165) is 0 Å². The summed E-state index contributed by atoms with van der Waals surface area (Å²) in [6, 6.07) is 3.36. The molecule has 0 aliphatic carbocycles. The first-order chi connectivity index (χ1) is 9.85. The van der Waals surface area contributed by atoms with Crippen molar-refractivity contribution >= 4 is 0 Å². The Kier molecular flexibility index (Phi) is 3.48. The Bertz CT molecular complexity index is 772. The maximum absolute atomic E-state index is 11.7. The summed E-state index contributed by atoms with van der Waals surface area (Å²) in [4.78, 5) is 23.0. The van der Waals surface area contributed by atoms with Crippen LogP contribution in [0.25, 0.3) is 11.1 Å². The molecule has 0 aliphatic rings. The predicted molar refractivity (Wildman–Crippen MR) is 87.5 cm³/mol. The minimum Gasteiger partial charge on any atom is -0.507 e. The van der Waals surface area contributed by atoms with Crippen LogP contribution in [0.3, 0.4) is 0 Å². The molecule has 4 heteroatoms. The zero-order valence-corrected chi connectivity index (χ0v) is 13.9. The van der Waals surface area contributed by atoms with Crippen molar-refractivity contribution in [3.63, 3.8) is 0 Å². The van der Waals surface area contributed by atoms with E-state index in [1.54, 1.807) is 12.1 Å². The highest BCUT2D eigenvalue weighted by Gasteiger charge is 2.29. The van der Waals surface area contributed by atoms with Crippen molar-refractivity contribution in [3.8, 4) is 22.6 Å². The fourth-order valence-electron chi connectivity index (χ4n) is 2.57. The molecule has 0 heterocycles. The molecule has 0 saturated heterocycles. The van der Waals surface area contributed by atoms with Crippen LogP contribution in [0.2, 0.25) is 0 Å². The van der Waals surface area contributed by atoms with Crippen LogP contribution in [0, 0.1) is 0 Å². The number of hydrogen-bond acceptors (Lipinski definition) is 4. The maximum Gasteiger partial charge on any atom is 0.268 e. The summed E-state index contributed by atoms with van der Waals surface area (Å²) in [6.45, 7) is 11.8. The summed E-state index contributed by atoms with van der Waals surface area (Å²) in [6.07, 6.45) is 0. The summed E-state index contributed by atoms with van der Waals surface area (Å²) < 4.78 is 0. The van der Waals surface area contributed by atoms with Gasteiger partial charge in [0.05, 0.1) is 5.56 Å². The minimum atomic E-state index is -0.849. The maximum atomic E-state index is 11.7. The van der Waals surface area contributed by atoms with Crippen LogP contribution in [0.4, 0.5) is 0 Å². The van der Waals surface area contributed by atoms with Crippen molar-refractivity contribution in [3.05, 3.63) is 43.7 Å². The molecule has 2 aromatic rings. The van der Waals surface area contributed by atoms with E-state index in [1.807, 2.05) is 41.5 Å². The minimum absolute atomic E-state index is 0.0426. The third kappa shape index (κ3) is 2.43. The normalized spacial score (nSPS) is 12.8. The molecular formula is C18H22O4. The Morgan fingerprint density at radius 3 is 1.45 bits per heavy atom. The molecule has 118 valence electrons. The Hall–Kier alpha value is -2.10. The molecular weight excluding hydrogens is 280 g/mol. The molecule has 2 rings (SSSR count). The smallest absolute Gasteiger partial charge is 0.268 e. The molecule has 22 heavy (non-hydrogen) atoms. The van der Waals surface area contributed by atoms with Crippen LogP contribution in [-0.2, 0) is 10.8 Å². The molecule has 0 atom stereocenters. The number of phenols is 1. The Morgan fingerprint density at radius 2 is 1.14 bits per heavy atom. The average Bonchev–Trinajstić information content (AvgIpc) is 2.37. The van der Waals surface area contributed by atoms with Crippen molar-refractivity contribution in [1.82, 2.24) is 0 Å². The summed E-state index contributed by atoms with van der Waals surface area (Å²) in [5.74, 6) is -0.294. The number of phenolic OH excluding ortho intramolecular Hbond substituents is 1. The molecule has 0 aromatic heterocycles.